The zero-order valence-electron chi connectivity index (χ0n) is 13.8. The van der Waals surface area contributed by atoms with E-state index in [2.05, 4.69) is 60.7 Å². The second-order valence-electron chi connectivity index (χ2n) is 5.20. The quantitative estimate of drug-likeness (QED) is 0.439. The number of benzene rings is 1. The summed E-state index contributed by atoms with van der Waals surface area (Å²) in [6.45, 7) is 8.66. The van der Waals surface area contributed by atoms with Gasteiger partial charge in [0.15, 0.2) is 5.96 Å². The first-order chi connectivity index (χ1) is 10.2. The van der Waals surface area contributed by atoms with E-state index in [9.17, 15) is 0 Å². The average molecular weight is 291 g/mol. The van der Waals surface area contributed by atoms with Crippen molar-refractivity contribution in [1.82, 2.24) is 10.6 Å². The maximum absolute atomic E-state index is 5.65. The molecule has 118 valence electrons. The van der Waals surface area contributed by atoms with E-state index in [4.69, 9.17) is 4.74 Å². The fourth-order valence-electron chi connectivity index (χ4n) is 1.91. The molecule has 0 aliphatic heterocycles. The lowest BCUT2D eigenvalue weighted by atomic mass is 10.1. The summed E-state index contributed by atoms with van der Waals surface area (Å²) in [6, 6.07) is 8.79. The molecule has 1 atom stereocenters. The van der Waals surface area contributed by atoms with E-state index in [0.717, 1.165) is 32.0 Å². The Morgan fingerprint density at radius 2 is 1.95 bits per heavy atom. The lowest BCUT2D eigenvalue weighted by molar-refractivity contribution is 0.121. The van der Waals surface area contributed by atoms with Gasteiger partial charge in [0.2, 0.25) is 0 Å². The van der Waals surface area contributed by atoms with Gasteiger partial charge in [-0.1, -0.05) is 38.1 Å². The minimum absolute atomic E-state index is 0.416. The fraction of sp³-hybridized carbons (Fsp3) is 0.588. The van der Waals surface area contributed by atoms with Crippen molar-refractivity contribution in [1.29, 1.82) is 0 Å². The van der Waals surface area contributed by atoms with Crippen LogP contribution in [0, 0.1) is 0 Å². The smallest absolute Gasteiger partial charge is 0.191 e. The minimum atomic E-state index is 0.416. The van der Waals surface area contributed by atoms with Crippen LogP contribution in [0.2, 0.25) is 0 Å². The number of rotatable bonds is 8. The first-order valence-electron chi connectivity index (χ1n) is 7.82. The highest BCUT2D eigenvalue weighted by Gasteiger charge is 2.05. The standard InChI is InChI=1S/C17H29N3O/c1-5-11-21-13-16-10-8-7-9-15(16)12-19-17(18-4)20-14(3)6-2/h7-10,14H,5-6,11-13H2,1-4H3,(H2,18,19,20). The number of guanidine groups is 1. The normalized spacial score (nSPS) is 13.0. The van der Waals surface area contributed by atoms with Crippen LogP contribution in [0.4, 0.5) is 0 Å². The second kappa shape index (κ2) is 10.2. The van der Waals surface area contributed by atoms with Gasteiger partial charge in [-0.15, -0.1) is 0 Å². The summed E-state index contributed by atoms with van der Waals surface area (Å²) >= 11 is 0. The van der Waals surface area contributed by atoms with Gasteiger partial charge in [-0.2, -0.15) is 0 Å². The zero-order valence-corrected chi connectivity index (χ0v) is 13.8. The first kappa shape index (κ1) is 17.5. The van der Waals surface area contributed by atoms with Gasteiger partial charge in [-0.25, -0.2) is 0 Å². The van der Waals surface area contributed by atoms with Crippen molar-refractivity contribution >= 4 is 5.96 Å². The summed E-state index contributed by atoms with van der Waals surface area (Å²) < 4.78 is 5.65. The Labute approximate surface area is 129 Å². The zero-order chi connectivity index (χ0) is 15.5. The summed E-state index contributed by atoms with van der Waals surface area (Å²) in [6.07, 6.45) is 2.12. The van der Waals surface area contributed by atoms with Gasteiger partial charge in [-0.05, 0) is 30.9 Å². The van der Waals surface area contributed by atoms with E-state index in [-0.39, 0.29) is 0 Å². The molecule has 0 saturated heterocycles. The molecule has 0 aliphatic rings. The first-order valence-corrected chi connectivity index (χ1v) is 7.82. The molecule has 0 aliphatic carbocycles. The van der Waals surface area contributed by atoms with Gasteiger partial charge < -0.3 is 15.4 Å². The van der Waals surface area contributed by atoms with E-state index >= 15 is 0 Å². The van der Waals surface area contributed by atoms with Gasteiger partial charge in [0, 0.05) is 26.2 Å². The topological polar surface area (TPSA) is 45.6 Å². The van der Waals surface area contributed by atoms with Crippen molar-refractivity contribution in [2.24, 2.45) is 4.99 Å². The molecule has 0 saturated carbocycles. The van der Waals surface area contributed by atoms with Gasteiger partial charge in [-0.3, -0.25) is 4.99 Å². The predicted molar refractivity (Wildman–Crippen MR) is 89.5 cm³/mol. The summed E-state index contributed by atoms with van der Waals surface area (Å²) in [4.78, 5) is 4.26. The van der Waals surface area contributed by atoms with Crippen molar-refractivity contribution in [2.75, 3.05) is 13.7 Å². The predicted octanol–water partition coefficient (Wildman–Crippen LogP) is 3.08. The Kier molecular flexibility index (Phi) is 8.51. The molecule has 0 spiro atoms. The number of hydrogen-bond acceptors (Lipinski definition) is 2. The van der Waals surface area contributed by atoms with Crippen molar-refractivity contribution in [2.45, 2.75) is 52.8 Å². The number of ether oxygens (including phenoxy) is 1. The maximum atomic E-state index is 5.65. The molecule has 1 aromatic carbocycles. The molecular weight excluding hydrogens is 262 g/mol. The molecule has 1 rings (SSSR count). The van der Waals surface area contributed by atoms with E-state index in [1.165, 1.54) is 11.1 Å². The molecule has 0 radical (unpaired) electrons. The molecule has 0 aromatic heterocycles. The molecule has 0 amide bonds. The molecule has 2 N–H and O–H groups in total. The van der Waals surface area contributed by atoms with Crippen LogP contribution in [0.1, 0.15) is 44.7 Å². The molecule has 0 fully saturated rings. The van der Waals surface area contributed by atoms with Crippen LogP contribution in [0.25, 0.3) is 0 Å². The lowest BCUT2D eigenvalue weighted by Crippen LogP contribution is -2.41. The molecule has 4 heteroatoms. The van der Waals surface area contributed by atoms with Crippen molar-refractivity contribution in [3.05, 3.63) is 35.4 Å². The molecule has 0 bridgehead atoms. The van der Waals surface area contributed by atoms with Crippen LogP contribution >= 0.6 is 0 Å². The van der Waals surface area contributed by atoms with Crippen molar-refractivity contribution in [3.63, 3.8) is 0 Å². The van der Waals surface area contributed by atoms with Crippen molar-refractivity contribution in [3.8, 4) is 0 Å². The highest BCUT2D eigenvalue weighted by atomic mass is 16.5. The van der Waals surface area contributed by atoms with Gasteiger partial charge in [0.25, 0.3) is 0 Å². The Hall–Kier alpha value is -1.55. The van der Waals surface area contributed by atoms with E-state index in [0.29, 0.717) is 12.6 Å². The second-order valence-corrected chi connectivity index (χ2v) is 5.20. The summed E-state index contributed by atoms with van der Waals surface area (Å²) in [7, 11) is 1.80. The van der Waals surface area contributed by atoms with Crippen LogP contribution < -0.4 is 10.6 Å². The third-order valence-electron chi connectivity index (χ3n) is 3.39. The van der Waals surface area contributed by atoms with E-state index < -0.39 is 0 Å². The summed E-state index contributed by atoms with van der Waals surface area (Å²) in [5.74, 6) is 0.841. The van der Waals surface area contributed by atoms with Gasteiger partial charge in [0.1, 0.15) is 0 Å². The minimum Gasteiger partial charge on any atom is -0.377 e. The highest BCUT2D eigenvalue weighted by molar-refractivity contribution is 5.79. The molecule has 1 aromatic rings. The Morgan fingerprint density at radius 3 is 2.57 bits per heavy atom. The maximum Gasteiger partial charge on any atom is 0.191 e. The van der Waals surface area contributed by atoms with E-state index in [1.807, 2.05) is 0 Å². The molecule has 1 unspecified atom stereocenters. The number of nitrogens with zero attached hydrogens (tertiary/aromatic N) is 1. The largest absolute Gasteiger partial charge is 0.377 e. The van der Waals surface area contributed by atoms with Crippen LogP contribution in [-0.2, 0) is 17.9 Å². The number of aliphatic imine (C=N–C) groups is 1. The molecule has 21 heavy (non-hydrogen) atoms. The molecule has 4 nitrogen and oxygen atoms in total. The summed E-state index contributed by atoms with van der Waals surface area (Å²) in [5.41, 5.74) is 2.48. The van der Waals surface area contributed by atoms with Crippen LogP contribution in [0.15, 0.2) is 29.3 Å². The van der Waals surface area contributed by atoms with Crippen LogP contribution in [0.3, 0.4) is 0 Å². The van der Waals surface area contributed by atoms with Crippen molar-refractivity contribution < 1.29 is 4.74 Å². The van der Waals surface area contributed by atoms with Gasteiger partial charge >= 0.3 is 0 Å². The van der Waals surface area contributed by atoms with Gasteiger partial charge in [0.05, 0.1) is 6.61 Å². The van der Waals surface area contributed by atoms with Crippen LogP contribution in [0.5, 0.6) is 0 Å². The van der Waals surface area contributed by atoms with Crippen LogP contribution in [-0.4, -0.2) is 25.7 Å². The third-order valence-corrected chi connectivity index (χ3v) is 3.39. The fourth-order valence-corrected chi connectivity index (χ4v) is 1.91. The Morgan fingerprint density at radius 1 is 1.24 bits per heavy atom. The number of hydrogen-bond donors (Lipinski definition) is 2. The molecule has 0 heterocycles. The Bertz CT molecular complexity index is 432. The number of nitrogens with one attached hydrogen (secondary N) is 2. The Balaban J connectivity index is 2.57. The van der Waals surface area contributed by atoms with E-state index in [1.54, 1.807) is 7.05 Å². The SMILES string of the molecule is CCCOCc1ccccc1CNC(=NC)NC(C)CC. The average Bonchev–Trinajstić information content (AvgIpc) is 2.52. The third kappa shape index (κ3) is 6.63. The monoisotopic (exact) mass is 291 g/mol. The lowest BCUT2D eigenvalue weighted by Gasteiger charge is -2.17. The molecular formula is C17H29N3O. The summed E-state index contributed by atoms with van der Waals surface area (Å²) in [5, 5.41) is 6.73. The highest BCUT2D eigenvalue weighted by Crippen LogP contribution is 2.10.